The zero-order chi connectivity index (χ0) is 26.3. The number of hydrogen-bond donors (Lipinski definition) is 0. The van der Waals surface area contributed by atoms with Gasteiger partial charge in [0.15, 0.2) is 8.24 Å². The highest BCUT2D eigenvalue weighted by Crippen LogP contribution is 2.45. The second-order valence-electron chi connectivity index (χ2n) is 12.1. The summed E-state index contributed by atoms with van der Waals surface area (Å²) < 4.78 is 23.4. The van der Waals surface area contributed by atoms with E-state index in [-0.39, 0.29) is 18.0 Å². The number of hydrogen-bond acceptors (Lipinski definition) is 2. The van der Waals surface area contributed by atoms with E-state index in [1.165, 1.54) is 0 Å². The lowest BCUT2D eigenvalue weighted by Gasteiger charge is -2.44. The number of fused-ring (bicyclic) bond motifs is 1. The summed E-state index contributed by atoms with van der Waals surface area (Å²) in [4.78, 5) is 14.2. The summed E-state index contributed by atoms with van der Waals surface area (Å²) in [6.45, 7) is 19.8. The molecule has 0 saturated carbocycles. The Morgan fingerprint density at radius 2 is 1.69 bits per heavy atom. The quantitative estimate of drug-likeness (QED) is 0.372. The smallest absolute Gasteiger partial charge is 0.410 e. The van der Waals surface area contributed by atoms with E-state index in [1.54, 1.807) is 18.0 Å². The molecule has 1 aromatic carbocycles. The predicted molar refractivity (Wildman–Crippen MR) is 148 cm³/mol. The fraction of sp³-hybridized carbons (Fsp3) is 0.621. The summed E-state index contributed by atoms with van der Waals surface area (Å²) in [6.07, 6.45) is 6.28. The maximum absolute atomic E-state index is 15.3. The number of allylic oxidation sites excluding steroid dienone is 1. The van der Waals surface area contributed by atoms with E-state index in [0.717, 1.165) is 34.9 Å². The van der Waals surface area contributed by atoms with E-state index in [2.05, 4.69) is 64.1 Å². The molecule has 194 valence electrons. The number of nitrogens with zero attached hydrogens (tertiary/aromatic N) is 2. The molecule has 0 bridgehead atoms. The van der Waals surface area contributed by atoms with Crippen molar-refractivity contribution in [3.63, 3.8) is 0 Å². The highest BCUT2D eigenvalue weighted by Gasteiger charge is 2.45. The standard InChI is InChI=1S/C29H45FN2O2Si/c1-19(2)35(20(3)4,21(5)6)32-18-17-24-26(32)16-15-25(30)27(24)22-11-13-23(14-12-22)31(10)28(33)34-29(7,8)9/h11,15-21,23H,12-14H2,1-10H3. The van der Waals surface area contributed by atoms with Crippen molar-refractivity contribution in [2.75, 3.05) is 7.05 Å². The van der Waals surface area contributed by atoms with Gasteiger partial charge in [0.1, 0.15) is 11.4 Å². The molecule has 0 spiro atoms. The largest absolute Gasteiger partial charge is 0.444 e. The van der Waals surface area contributed by atoms with Crippen LogP contribution in [0.1, 0.15) is 87.1 Å². The molecule has 35 heavy (non-hydrogen) atoms. The highest BCUT2D eigenvalue weighted by atomic mass is 28.3. The van der Waals surface area contributed by atoms with Crippen LogP contribution < -0.4 is 0 Å². The van der Waals surface area contributed by atoms with Crippen molar-refractivity contribution < 1.29 is 13.9 Å². The van der Waals surface area contributed by atoms with Crippen molar-refractivity contribution in [1.82, 2.24) is 9.13 Å². The minimum atomic E-state index is -1.95. The Kier molecular flexibility index (Phi) is 7.95. The Hall–Kier alpha value is -2.08. The molecule has 1 atom stereocenters. The van der Waals surface area contributed by atoms with Crippen LogP contribution in [0.25, 0.3) is 16.5 Å². The number of halogens is 1. The van der Waals surface area contributed by atoms with Crippen LogP contribution in [-0.4, -0.2) is 42.2 Å². The molecule has 3 rings (SSSR count). The van der Waals surface area contributed by atoms with Crippen molar-refractivity contribution in [2.45, 2.75) is 110 Å². The molecule has 1 amide bonds. The molecule has 0 fully saturated rings. The first-order chi connectivity index (χ1) is 16.2. The van der Waals surface area contributed by atoms with Crippen LogP contribution in [0, 0.1) is 5.82 Å². The van der Waals surface area contributed by atoms with Crippen LogP contribution in [0.5, 0.6) is 0 Å². The molecule has 0 N–H and O–H groups in total. The summed E-state index contributed by atoms with van der Waals surface area (Å²) in [5, 5.41) is 1.01. The first-order valence-electron chi connectivity index (χ1n) is 13.2. The molecule has 2 aromatic rings. The monoisotopic (exact) mass is 500 g/mol. The van der Waals surface area contributed by atoms with Gasteiger partial charge in [0, 0.05) is 29.6 Å². The van der Waals surface area contributed by atoms with Gasteiger partial charge < -0.3 is 13.9 Å². The second-order valence-corrected chi connectivity index (χ2v) is 17.9. The van der Waals surface area contributed by atoms with Gasteiger partial charge in [-0.3, -0.25) is 0 Å². The first-order valence-corrected chi connectivity index (χ1v) is 15.3. The molecule has 1 aliphatic carbocycles. The van der Waals surface area contributed by atoms with E-state index >= 15 is 4.39 Å². The zero-order valence-corrected chi connectivity index (χ0v) is 24.4. The summed E-state index contributed by atoms with van der Waals surface area (Å²) in [6, 6.07) is 5.81. The van der Waals surface area contributed by atoms with Crippen LogP contribution in [0.4, 0.5) is 9.18 Å². The minimum Gasteiger partial charge on any atom is -0.444 e. The Bertz CT molecular complexity index is 1070. The molecule has 1 aromatic heterocycles. The molecule has 1 unspecified atom stereocenters. The summed E-state index contributed by atoms with van der Waals surface area (Å²) >= 11 is 0. The Balaban J connectivity index is 1.99. The van der Waals surface area contributed by atoms with Crippen LogP contribution >= 0.6 is 0 Å². The molecule has 1 heterocycles. The van der Waals surface area contributed by atoms with Gasteiger partial charge in [-0.1, -0.05) is 47.6 Å². The van der Waals surface area contributed by atoms with Crippen LogP contribution in [0.15, 0.2) is 30.5 Å². The molecule has 0 saturated heterocycles. The van der Waals surface area contributed by atoms with Gasteiger partial charge in [-0.25, -0.2) is 9.18 Å². The number of carbonyl (C=O) groups excluding carboxylic acids is 1. The maximum atomic E-state index is 15.3. The van der Waals surface area contributed by atoms with E-state index in [9.17, 15) is 4.79 Å². The first kappa shape index (κ1) is 27.5. The van der Waals surface area contributed by atoms with Crippen LogP contribution in [0.2, 0.25) is 16.6 Å². The molecule has 0 aliphatic heterocycles. The fourth-order valence-electron chi connectivity index (χ4n) is 6.57. The van der Waals surface area contributed by atoms with E-state index in [1.807, 2.05) is 26.8 Å². The molecule has 0 radical (unpaired) electrons. The van der Waals surface area contributed by atoms with Gasteiger partial charge in [-0.15, -0.1) is 0 Å². The Morgan fingerprint density at radius 1 is 1.09 bits per heavy atom. The summed E-state index contributed by atoms with van der Waals surface area (Å²) in [5.41, 5.74) is 4.09. The van der Waals surface area contributed by atoms with Crippen LogP contribution in [-0.2, 0) is 4.74 Å². The van der Waals surface area contributed by atoms with Crippen molar-refractivity contribution in [3.05, 3.63) is 41.9 Å². The van der Waals surface area contributed by atoms with E-state index in [0.29, 0.717) is 23.0 Å². The van der Waals surface area contributed by atoms with Crippen molar-refractivity contribution in [3.8, 4) is 0 Å². The van der Waals surface area contributed by atoms with Gasteiger partial charge >= 0.3 is 6.09 Å². The fourth-order valence-corrected chi connectivity index (χ4v) is 13.2. The van der Waals surface area contributed by atoms with Crippen molar-refractivity contribution >= 4 is 30.8 Å². The van der Waals surface area contributed by atoms with E-state index in [4.69, 9.17) is 4.74 Å². The normalized spacial score (nSPS) is 17.4. The molecule has 6 heteroatoms. The molecular weight excluding hydrogens is 455 g/mol. The highest BCUT2D eigenvalue weighted by molar-refractivity contribution is 6.82. The van der Waals surface area contributed by atoms with E-state index < -0.39 is 13.8 Å². The Labute approximate surface area is 212 Å². The Morgan fingerprint density at radius 3 is 2.17 bits per heavy atom. The molecule has 1 aliphatic rings. The average molecular weight is 501 g/mol. The minimum absolute atomic E-state index is 0.0587. The number of benzene rings is 1. The van der Waals surface area contributed by atoms with Crippen LogP contribution in [0.3, 0.4) is 0 Å². The predicted octanol–water partition coefficient (Wildman–Crippen LogP) is 8.61. The zero-order valence-electron chi connectivity index (χ0n) is 23.4. The topological polar surface area (TPSA) is 34.5 Å². The lowest BCUT2D eigenvalue weighted by atomic mass is 9.88. The number of ether oxygens (including phenoxy) is 1. The number of carbonyl (C=O) groups is 1. The molecular formula is C29H45FN2O2Si. The SMILES string of the molecule is CC(C)[Si](C(C)C)(C(C)C)n1ccc2c(C3=CCC(N(C)C(=O)OC(C)(C)C)CC3)c(F)ccc21. The number of rotatable bonds is 6. The second kappa shape index (κ2) is 10.1. The van der Waals surface area contributed by atoms with Crippen molar-refractivity contribution in [1.29, 1.82) is 0 Å². The van der Waals surface area contributed by atoms with Gasteiger partial charge in [0.05, 0.1) is 0 Å². The molecule has 4 nitrogen and oxygen atoms in total. The van der Waals surface area contributed by atoms with Crippen molar-refractivity contribution in [2.24, 2.45) is 0 Å². The van der Waals surface area contributed by atoms with Gasteiger partial charge in [0.25, 0.3) is 0 Å². The third-order valence-corrected chi connectivity index (χ3v) is 14.7. The average Bonchev–Trinajstić information content (AvgIpc) is 3.16. The van der Waals surface area contributed by atoms with Gasteiger partial charge in [-0.2, -0.15) is 0 Å². The lowest BCUT2D eigenvalue weighted by Crippen LogP contribution is -2.51. The summed E-state index contributed by atoms with van der Waals surface area (Å²) in [5.74, 6) is -0.161. The maximum Gasteiger partial charge on any atom is 0.410 e. The summed E-state index contributed by atoms with van der Waals surface area (Å²) in [7, 11) is -0.149. The van der Waals surface area contributed by atoms with Gasteiger partial charge in [0.2, 0.25) is 0 Å². The number of amides is 1. The third kappa shape index (κ3) is 5.09. The number of aromatic nitrogens is 1. The third-order valence-electron chi connectivity index (χ3n) is 7.95. The van der Waals surface area contributed by atoms with Gasteiger partial charge in [-0.05, 0) is 86.6 Å². The lowest BCUT2D eigenvalue weighted by molar-refractivity contribution is 0.0215.